The van der Waals surface area contributed by atoms with Crippen LogP contribution >= 0.6 is 11.8 Å². The Kier molecular flexibility index (Phi) is 6.40. The van der Waals surface area contributed by atoms with Crippen molar-refractivity contribution in [2.24, 2.45) is 0 Å². The summed E-state index contributed by atoms with van der Waals surface area (Å²) in [6.07, 6.45) is 0. The number of thioether (sulfide) groups is 1. The van der Waals surface area contributed by atoms with Gasteiger partial charge in [0.1, 0.15) is 5.76 Å². The zero-order valence-electron chi connectivity index (χ0n) is 19.2. The van der Waals surface area contributed by atoms with Gasteiger partial charge in [-0.1, -0.05) is 36.4 Å². The van der Waals surface area contributed by atoms with Gasteiger partial charge in [0.2, 0.25) is 5.89 Å². The number of carbonyl (C=O) groups excluding carboxylic acids is 1. The number of hydrogen-bond donors (Lipinski definition) is 1. The first-order chi connectivity index (χ1) is 17.1. The molecule has 1 N–H and O–H groups in total. The summed E-state index contributed by atoms with van der Waals surface area (Å²) < 4.78 is 7.43. The van der Waals surface area contributed by atoms with Gasteiger partial charge in [0.05, 0.1) is 22.7 Å². The second-order valence-electron chi connectivity index (χ2n) is 7.82. The molecule has 0 unspecified atom stereocenters. The van der Waals surface area contributed by atoms with Gasteiger partial charge in [-0.05, 0) is 66.7 Å². The molecule has 0 aliphatic carbocycles. The van der Waals surface area contributed by atoms with Crippen molar-refractivity contribution < 1.29 is 9.21 Å². The van der Waals surface area contributed by atoms with Crippen LogP contribution in [0.2, 0.25) is 0 Å². The van der Waals surface area contributed by atoms with Gasteiger partial charge in [-0.25, -0.2) is 4.98 Å². The van der Waals surface area contributed by atoms with Crippen molar-refractivity contribution in [3.8, 4) is 17.1 Å². The third-order valence-corrected chi connectivity index (χ3v) is 6.49. The number of nitrogens with zero attached hydrogens (tertiary/aromatic N) is 5. The highest BCUT2D eigenvalue weighted by molar-refractivity contribution is 7.98. The molecule has 5 aromatic rings. The van der Waals surface area contributed by atoms with Crippen LogP contribution in [0.3, 0.4) is 0 Å². The van der Waals surface area contributed by atoms with Crippen molar-refractivity contribution in [3.63, 3.8) is 0 Å². The van der Waals surface area contributed by atoms with E-state index in [-0.39, 0.29) is 5.91 Å². The van der Waals surface area contributed by atoms with Crippen LogP contribution in [-0.4, -0.2) is 31.1 Å². The van der Waals surface area contributed by atoms with E-state index in [9.17, 15) is 4.79 Å². The second-order valence-corrected chi connectivity index (χ2v) is 8.84. The van der Waals surface area contributed by atoms with E-state index in [0.29, 0.717) is 28.7 Å². The van der Waals surface area contributed by atoms with Crippen LogP contribution in [0.25, 0.3) is 17.1 Å². The van der Waals surface area contributed by atoms with E-state index in [4.69, 9.17) is 4.42 Å². The van der Waals surface area contributed by atoms with Gasteiger partial charge >= 0.3 is 0 Å². The van der Waals surface area contributed by atoms with Crippen molar-refractivity contribution in [2.45, 2.75) is 24.5 Å². The Bertz CT molecular complexity index is 1460. The number of aromatic nitrogens is 5. The number of aryl methyl sites for hydroxylation is 2. The molecule has 2 aromatic heterocycles. The molecule has 0 atom stereocenters. The summed E-state index contributed by atoms with van der Waals surface area (Å²) in [7, 11) is 0. The average molecular weight is 483 g/mol. The number of amides is 1. The van der Waals surface area contributed by atoms with Crippen LogP contribution < -0.4 is 5.32 Å². The van der Waals surface area contributed by atoms with Gasteiger partial charge in [-0.3, -0.25) is 4.79 Å². The maximum atomic E-state index is 13.2. The molecule has 0 radical (unpaired) electrons. The van der Waals surface area contributed by atoms with Crippen LogP contribution in [0.5, 0.6) is 0 Å². The summed E-state index contributed by atoms with van der Waals surface area (Å²) in [4.78, 5) is 18.5. The quantitative estimate of drug-likeness (QED) is 0.307. The van der Waals surface area contributed by atoms with Crippen LogP contribution in [0.4, 0.5) is 5.69 Å². The highest BCUT2D eigenvalue weighted by Gasteiger charge is 2.15. The summed E-state index contributed by atoms with van der Waals surface area (Å²) in [5.41, 5.74) is 3.77. The first kappa shape index (κ1) is 22.5. The molecule has 1 amide bonds. The van der Waals surface area contributed by atoms with Gasteiger partial charge in [0.25, 0.3) is 5.91 Å². The molecule has 0 aliphatic heterocycles. The van der Waals surface area contributed by atoms with Crippen LogP contribution in [-0.2, 0) is 5.75 Å². The largest absolute Gasteiger partial charge is 0.441 e. The fraction of sp³-hybridized carbons (Fsp3) is 0.115. The zero-order valence-corrected chi connectivity index (χ0v) is 20.0. The number of nitrogens with one attached hydrogen (secondary N) is 1. The molecule has 35 heavy (non-hydrogen) atoms. The Labute approximate surface area is 206 Å². The van der Waals surface area contributed by atoms with Crippen molar-refractivity contribution in [1.82, 2.24) is 25.2 Å². The first-order valence-corrected chi connectivity index (χ1v) is 12.0. The molecule has 0 spiro atoms. The fourth-order valence-corrected chi connectivity index (χ4v) is 4.47. The van der Waals surface area contributed by atoms with E-state index in [0.717, 1.165) is 27.6 Å². The van der Waals surface area contributed by atoms with E-state index in [1.54, 1.807) is 4.68 Å². The number of hydrogen-bond acceptors (Lipinski definition) is 7. The van der Waals surface area contributed by atoms with Crippen molar-refractivity contribution in [3.05, 3.63) is 102 Å². The number of oxazole rings is 1. The highest BCUT2D eigenvalue weighted by Crippen LogP contribution is 2.28. The smallest absolute Gasteiger partial charge is 0.256 e. The van der Waals surface area contributed by atoms with E-state index >= 15 is 0 Å². The predicted octanol–water partition coefficient (Wildman–Crippen LogP) is 5.48. The maximum Gasteiger partial charge on any atom is 0.256 e. The number of carbonyl (C=O) groups is 1. The molecule has 174 valence electrons. The van der Waals surface area contributed by atoms with Crippen molar-refractivity contribution in [2.75, 3.05) is 5.32 Å². The minimum Gasteiger partial charge on any atom is -0.441 e. The van der Waals surface area contributed by atoms with Gasteiger partial charge in [-0.15, -0.1) is 16.9 Å². The summed E-state index contributed by atoms with van der Waals surface area (Å²) in [5.74, 6) is 2.31. The van der Waals surface area contributed by atoms with Crippen LogP contribution in [0.15, 0.2) is 88.2 Å². The Balaban J connectivity index is 1.32. The summed E-state index contributed by atoms with van der Waals surface area (Å²) in [6.45, 7) is 3.78. The number of benzene rings is 3. The number of para-hydroxylation sites is 1. The third-order valence-electron chi connectivity index (χ3n) is 5.42. The lowest BCUT2D eigenvalue weighted by Crippen LogP contribution is -2.13. The van der Waals surface area contributed by atoms with E-state index in [1.807, 2.05) is 92.7 Å². The Morgan fingerprint density at radius 2 is 1.80 bits per heavy atom. The van der Waals surface area contributed by atoms with Gasteiger partial charge < -0.3 is 9.73 Å². The second kappa shape index (κ2) is 9.94. The molecule has 0 fully saturated rings. The van der Waals surface area contributed by atoms with Crippen LogP contribution in [0.1, 0.15) is 27.6 Å². The zero-order chi connectivity index (χ0) is 24.2. The first-order valence-electron chi connectivity index (χ1n) is 11.0. The lowest BCUT2D eigenvalue weighted by Gasteiger charge is -2.11. The number of anilines is 1. The molecule has 0 saturated heterocycles. The summed E-state index contributed by atoms with van der Waals surface area (Å²) in [6, 6.07) is 24.7. The van der Waals surface area contributed by atoms with Crippen molar-refractivity contribution >= 4 is 23.4 Å². The third kappa shape index (κ3) is 4.99. The lowest BCUT2D eigenvalue weighted by atomic mass is 10.1. The topological polar surface area (TPSA) is 98.7 Å². The Hall–Kier alpha value is -4.24. The molecule has 8 nitrogen and oxygen atoms in total. The lowest BCUT2D eigenvalue weighted by molar-refractivity contribution is 0.102. The minimum atomic E-state index is -0.201. The Morgan fingerprint density at radius 3 is 2.60 bits per heavy atom. The van der Waals surface area contributed by atoms with E-state index in [2.05, 4.69) is 25.8 Å². The molecule has 0 aliphatic rings. The molecule has 9 heteroatoms. The molecule has 2 heterocycles. The summed E-state index contributed by atoms with van der Waals surface area (Å²) >= 11 is 1.51. The molecular formula is C26H22N6O2S. The van der Waals surface area contributed by atoms with Gasteiger partial charge in [0, 0.05) is 16.1 Å². The average Bonchev–Trinajstić information content (AvgIpc) is 3.49. The van der Waals surface area contributed by atoms with E-state index < -0.39 is 0 Å². The summed E-state index contributed by atoms with van der Waals surface area (Å²) in [5, 5.41) is 15.1. The highest BCUT2D eigenvalue weighted by atomic mass is 32.2. The molecule has 5 rings (SSSR count). The van der Waals surface area contributed by atoms with Gasteiger partial charge in [0.15, 0.2) is 5.82 Å². The van der Waals surface area contributed by atoms with E-state index in [1.165, 1.54) is 11.8 Å². The molecular weight excluding hydrogens is 460 g/mol. The molecule has 0 saturated carbocycles. The minimum absolute atomic E-state index is 0.201. The molecule has 3 aromatic carbocycles. The normalized spacial score (nSPS) is 10.9. The monoisotopic (exact) mass is 482 g/mol. The maximum absolute atomic E-state index is 13.2. The fourth-order valence-electron chi connectivity index (χ4n) is 3.51. The van der Waals surface area contributed by atoms with Crippen LogP contribution in [0, 0.1) is 13.8 Å². The number of tetrazole rings is 1. The standard InChI is InChI=1S/C26H22N6O2S/c1-17-18(2)34-26(27-17)19-9-8-10-20(15-19)28-25(33)22-13-6-7-14-23(22)35-16-24-29-30-31-32(24)21-11-4-3-5-12-21/h3-15H,16H2,1-2H3,(H,28,33). The van der Waals surface area contributed by atoms with Gasteiger partial charge in [-0.2, -0.15) is 4.68 Å². The molecule has 0 bridgehead atoms. The predicted molar refractivity (Wildman–Crippen MR) is 135 cm³/mol. The SMILES string of the molecule is Cc1nc(-c2cccc(NC(=O)c3ccccc3SCc3nnnn3-c3ccccc3)c2)oc1C. The van der Waals surface area contributed by atoms with Crippen molar-refractivity contribution in [1.29, 1.82) is 0 Å². The Morgan fingerprint density at radius 1 is 1.00 bits per heavy atom. The number of rotatable bonds is 7.